The lowest BCUT2D eigenvalue weighted by Gasteiger charge is -2.25. The smallest absolute Gasteiger partial charge is 0.307 e. The maximum atomic E-state index is 13.4. The van der Waals surface area contributed by atoms with Gasteiger partial charge < -0.3 is 9.47 Å². The van der Waals surface area contributed by atoms with Crippen molar-refractivity contribution in [1.82, 2.24) is 19.9 Å². The van der Waals surface area contributed by atoms with Crippen LogP contribution in [0.25, 0.3) is 11.0 Å². The number of hydrogen-bond acceptors (Lipinski definition) is 6. The van der Waals surface area contributed by atoms with Gasteiger partial charge in [0.2, 0.25) is 0 Å². The zero-order valence-electron chi connectivity index (χ0n) is 26.1. The fraction of sp³-hybridized carbons (Fsp3) is 0.324. The molecule has 0 bridgehead atoms. The molecular formula is C37H39ClN4O3. The summed E-state index contributed by atoms with van der Waals surface area (Å²) in [6, 6.07) is 28.5. The van der Waals surface area contributed by atoms with Crippen molar-refractivity contribution in [2.75, 3.05) is 6.54 Å². The lowest BCUT2D eigenvalue weighted by Crippen LogP contribution is -2.32. The van der Waals surface area contributed by atoms with Crippen LogP contribution in [0, 0.1) is 6.92 Å². The average Bonchev–Trinajstić information content (AvgIpc) is 3.40. The summed E-state index contributed by atoms with van der Waals surface area (Å²) in [4.78, 5) is 15.8. The van der Waals surface area contributed by atoms with Gasteiger partial charge in [0.25, 0.3) is 0 Å². The highest BCUT2D eigenvalue weighted by Crippen LogP contribution is 2.38. The monoisotopic (exact) mass is 622 g/mol. The van der Waals surface area contributed by atoms with Crippen LogP contribution in [-0.4, -0.2) is 38.5 Å². The summed E-state index contributed by atoms with van der Waals surface area (Å²) < 4.78 is 13.9. The first kappa shape index (κ1) is 30.8. The van der Waals surface area contributed by atoms with E-state index >= 15 is 0 Å². The minimum absolute atomic E-state index is 0.117. The third kappa shape index (κ3) is 6.90. The summed E-state index contributed by atoms with van der Waals surface area (Å²) in [7, 11) is 0. The van der Waals surface area contributed by atoms with Crippen LogP contribution in [0.4, 0.5) is 0 Å². The maximum Gasteiger partial charge on any atom is 0.307 e. The molecule has 0 N–H and O–H groups in total. The normalized spacial score (nSPS) is 15.7. The molecule has 0 saturated heterocycles. The first-order valence-corrected chi connectivity index (χ1v) is 16.1. The molecule has 6 rings (SSSR count). The zero-order valence-corrected chi connectivity index (χ0v) is 26.8. The Morgan fingerprint density at radius 1 is 1.04 bits per heavy atom. The molecule has 0 aliphatic carbocycles. The molecule has 7 nitrogen and oxygen atoms in total. The van der Waals surface area contributed by atoms with Crippen molar-refractivity contribution in [3.63, 3.8) is 0 Å². The van der Waals surface area contributed by atoms with Crippen LogP contribution < -0.4 is 4.74 Å². The number of para-hydroxylation sites is 1. The first-order chi connectivity index (χ1) is 21.9. The number of nitrogens with zero attached hydrogens (tertiary/aromatic N) is 4. The molecule has 0 radical (unpaired) electrons. The largest absolute Gasteiger partial charge is 0.489 e. The second kappa shape index (κ2) is 13.8. The Morgan fingerprint density at radius 2 is 1.84 bits per heavy atom. The van der Waals surface area contributed by atoms with Crippen LogP contribution in [0.1, 0.15) is 66.0 Å². The van der Waals surface area contributed by atoms with E-state index in [1.54, 1.807) is 0 Å². The Hall–Kier alpha value is -4.20. The standard InChI is InChI=1S/C37H39ClN4O3/c1-4-30-23-41(21-28-13-9-10-14-34(28)45-30)22-29-19-27(16-15-25(29)3)32(20-35(43)44-24-26-11-7-6-8-12-26)31-17-18-33-37(36(31)38)39-40-42(33)5-2/h6-19,30,32H,4-5,20-24H2,1-3H3/t30-,32?/m1/s1. The number of fused-ring (bicyclic) bond motifs is 2. The Bertz CT molecular complexity index is 1790. The van der Waals surface area contributed by atoms with E-state index in [2.05, 4.69) is 65.5 Å². The second-order valence-electron chi connectivity index (χ2n) is 11.8. The highest BCUT2D eigenvalue weighted by atomic mass is 35.5. The third-order valence-corrected chi connectivity index (χ3v) is 9.09. The molecule has 0 spiro atoms. The van der Waals surface area contributed by atoms with Crippen LogP contribution >= 0.6 is 11.6 Å². The van der Waals surface area contributed by atoms with Gasteiger partial charge in [0.05, 0.1) is 17.0 Å². The third-order valence-electron chi connectivity index (χ3n) is 8.69. The second-order valence-corrected chi connectivity index (χ2v) is 12.1. The highest BCUT2D eigenvalue weighted by molar-refractivity contribution is 6.35. The van der Waals surface area contributed by atoms with E-state index in [1.807, 2.05) is 60.1 Å². The van der Waals surface area contributed by atoms with Crippen molar-refractivity contribution in [2.24, 2.45) is 0 Å². The van der Waals surface area contributed by atoms with E-state index in [0.717, 1.165) is 54.0 Å². The molecule has 8 heteroatoms. The number of carbonyl (C=O) groups excluding carboxylic acids is 1. The fourth-order valence-corrected chi connectivity index (χ4v) is 6.44. The number of rotatable bonds is 10. The first-order valence-electron chi connectivity index (χ1n) is 15.7. The lowest BCUT2D eigenvalue weighted by atomic mass is 9.86. The number of aryl methyl sites for hydroxylation is 2. The molecule has 1 aliphatic heterocycles. The van der Waals surface area contributed by atoms with Crippen molar-refractivity contribution in [3.8, 4) is 5.75 Å². The van der Waals surface area contributed by atoms with E-state index in [1.165, 1.54) is 16.7 Å². The molecule has 0 fully saturated rings. The highest BCUT2D eigenvalue weighted by Gasteiger charge is 2.26. The van der Waals surface area contributed by atoms with Crippen molar-refractivity contribution < 1.29 is 14.3 Å². The number of aromatic nitrogens is 3. The number of hydrogen-bond donors (Lipinski definition) is 0. The number of esters is 1. The molecule has 1 aromatic heterocycles. The van der Waals surface area contributed by atoms with Crippen molar-refractivity contribution in [2.45, 2.75) is 71.9 Å². The van der Waals surface area contributed by atoms with Gasteiger partial charge in [-0.15, -0.1) is 5.10 Å². The molecule has 2 atom stereocenters. The Morgan fingerprint density at radius 3 is 2.64 bits per heavy atom. The number of halogens is 1. The quantitative estimate of drug-likeness (QED) is 0.148. The Balaban J connectivity index is 1.32. The van der Waals surface area contributed by atoms with Gasteiger partial charge in [0, 0.05) is 37.7 Å². The Kier molecular flexibility index (Phi) is 9.47. The van der Waals surface area contributed by atoms with Gasteiger partial charge in [0.1, 0.15) is 24.0 Å². The summed E-state index contributed by atoms with van der Waals surface area (Å²) in [6.07, 6.45) is 1.19. The topological polar surface area (TPSA) is 69.5 Å². The molecule has 5 aromatic rings. The molecule has 2 heterocycles. The van der Waals surface area contributed by atoms with E-state index in [4.69, 9.17) is 21.1 Å². The Labute approximate surface area is 269 Å². The molecule has 1 aliphatic rings. The molecular weight excluding hydrogens is 584 g/mol. The summed E-state index contributed by atoms with van der Waals surface area (Å²) in [5.41, 5.74) is 7.90. The molecule has 45 heavy (non-hydrogen) atoms. The maximum absolute atomic E-state index is 13.4. The number of ether oxygens (including phenoxy) is 2. The summed E-state index contributed by atoms with van der Waals surface area (Å²) in [6.45, 7) is 9.64. The summed E-state index contributed by atoms with van der Waals surface area (Å²) in [5, 5.41) is 9.17. The lowest BCUT2D eigenvalue weighted by molar-refractivity contribution is -0.145. The summed E-state index contributed by atoms with van der Waals surface area (Å²) >= 11 is 7.05. The SMILES string of the molecule is CC[C@@H]1CN(Cc2cc(C(CC(=O)OCc3ccccc3)c3ccc4c(nnn4CC)c3Cl)ccc2C)Cc2ccccc2O1. The summed E-state index contributed by atoms with van der Waals surface area (Å²) in [5.74, 6) is 0.357. The zero-order chi connectivity index (χ0) is 31.3. The molecule has 4 aromatic carbocycles. The van der Waals surface area contributed by atoms with Gasteiger partial charge in [0.15, 0.2) is 0 Å². The minimum Gasteiger partial charge on any atom is -0.489 e. The van der Waals surface area contributed by atoms with Crippen LogP contribution in [0.5, 0.6) is 5.75 Å². The molecule has 0 amide bonds. The minimum atomic E-state index is -0.326. The van der Waals surface area contributed by atoms with E-state index in [0.29, 0.717) is 17.1 Å². The fourth-order valence-electron chi connectivity index (χ4n) is 6.11. The van der Waals surface area contributed by atoms with E-state index in [9.17, 15) is 4.79 Å². The van der Waals surface area contributed by atoms with E-state index < -0.39 is 0 Å². The number of carbonyl (C=O) groups is 1. The van der Waals surface area contributed by atoms with Crippen molar-refractivity contribution in [3.05, 3.63) is 123 Å². The van der Waals surface area contributed by atoms with Gasteiger partial charge >= 0.3 is 5.97 Å². The van der Waals surface area contributed by atoms with Gasteiger partial charge in [-0.25, -0.2) is 4.68 Å². The van der Waals surface area contributed by atoms with Gasteiger partial charge in [-0.3, -0.25) is 9.69 Å². The average molecular weight is 623 g/mol. The molecule has 0 saturated carbocycles. The predicted molar refractivity (Wildman–Crippen MR) is 177 cm³/mol. The van der Waals surface area contributed by atoms with Crippen molar-refractivity contribution >= 4 is 28.6 Å². The number of benzene rings is 4. The van der Waals surface area contributed by atoms with Crippen LogP contribution in [-0.2, 0) is 35.8 Å². The van der Waals surface area contributed by atoms with Gasteiger partial charge in [-0.2, -0.15) is 0 Å². The molecule has 1 unspecified atom stereocenters. The van der Waals surface area contributed by atoms with E-state index in [-0.39, 0.29) is 31.0 Å². The predicted octanol–water partition coefficient (Wildman–Crippen LogP) is 7.85. The van der Waals surface area contributed by atoms with Crippen LogP contribution in [0.15, 0.2) is 84.9 Å². The van der Waals surface area contributed by atoms with Crippen molar-refractivity contribution in [1.29, 1.82) is 0 Å². The van der Waals surface area contributed by atoms with Gasteiger partial charge in [-0.1, -0.05) is 96.5 Å². The van der Waals surface area contributed by atoms with Crippen LogP contribution in [0.3, 0.4) is 0 Å². The van der Waals surface area contributed by atoms with Gasteiger partial charge in [-0.05, 0) is 60.2 Å². The van der Waals surface area contributed by atoms with Crippen LogP contribution in [0.2, 0.25) is 5.02 Å². The molecule has 232 valence electrons.